The van der Waals surface area contributed by atoms with Crippen LogP contribution in [0.4, 0.5) is 4.39 Å². The Morgan fingerprint density at radius 2 is 2.11 bits per heavy atom. The topological polar surface area (TPSA) is 32.3 Å². The highest BCUT2D eigenvalue weighted by Crippen LogP contribution is 2.09. The summed E-state index contributed by atoms with van der Waals surface area (Å²) in [5.74, 6) is -0.0553. The first kappa shape index (κ1) is 13.0. The molecule has 1 fully saturated rings. The molecule has 98 valence electrons. The first-order valence-corrected chi connectivity index (χ1v) is 6.40. The fourth-order valence-electron chi connectivity index (χ4n) is 2.14. The molecule has 1 N–H and O–H groups in total. The van der Waals surface area contributed by atoms with Crippen LogP contribution in [0.3, 0.4) is 0 Å². The Balaban J connectivity index is 1.77. The molecule has 1 aromatic rings. The van der Waals surface area contributed by atoms with Crippen molar-refractivity contribution in [1.82, 2.24) is 10.2 Å². The van der Waals surface area contributed by atoms with Crippen LogP contribution in [-0.2, 0) is 11.3 Å². The van der Waals surface area contributed by atoms with Crippen LogP contribution in [0.5, 0.6) is 0 Å². The Bertz CT molecular complexity index is 428. The minimum Gasteiger partial charge on any atom is -0.342 e. The van der Waals surface area contributed by atoms with Crippen LogP contribution in [0, 0.1) is 12.7 Å². The fourth-order valence-corrected chi connectivity index (χ4v) is 2.14. The minimum atomic E-state index is -0.194. The number of halogens is 1. The van der Waals surface area contributed by atoms with Gasteiger partial charge in [0.25, 0.3) is 0 Å². The van der Waals surface area contributed by atoms with Gasteiger partial charge in [0, 0.05) is 19.6 Å². The smallest absolute Gasteiger partial charge is 0.236 e. The Morgan fingerprint density at radius 3 is 2.78 bits per heavy atom. The SMILES string of the molecule is Cc1ccc(CNCC(=O)N2CCCC2)cc1F. The number of hydrogen-bond donors (Lipinski definition) is 1. The molecule has 2 rings (SSSR count). The molecule has 3 nitrogen and oxygen atoms in total. The predicted molar refractivity (Wildman–Crippen MR) is 68.7 cm³/mol. The van der Waals surface area contributed by atoms with Gasteiger partial charge in [0.1, 0.15) is 5.82 Å². The predicted octanol–water partition coefficient (Wildman–Crippen LogP) is 1.85. The fraction of sp³-hybridized carbons (Fsp3) is 0.500. The highest BCUT2D eigenvalue weighted by molar-refractivity contribution is 5.78. The van der Waals surface area contributed by atoms with Crippen LogP contribution in [0.25, 0.3) is 0 Å². The summed E-state index contributed by atoms with van der Waals surface area (Å²) in [5, 5.41) is 3.07. The van der Waals surface area contributed by atoms with Crippen LogP contribution in [0.15, 0.2) is 18.2 Å². The van der Waals surface area contributed by atoms with Crippen molar-refractivity contribution in [2.75, 3.05) is 19.6 Å². The third-order valence-electron chi connectivity index (χ3n) is 3.30. The zero-order valence-electron chi connectivity index (χ0n) is 10.7. The third-order valence-corrected chi connectivity index (χ3v) is 3.30. The molecule has 4 heteroatoms. The molecule has 0 unspecified atom stereocenters. The van der Waals surface area contributed by atoms with E-state index in [1.165, 1.54) is 6.07 Å². The zero-order chi connectivity index (χ0) is 13.0. The average Bonchev–Trinajstić information content (AvgIpc) is 2.87. The lowest BCUT2D eigenvalue weighted by Crippen LogP contribution is -2.35. The maximum absolute atomic E-state index is 13.3. The van der Waals surface area contributed by atoms with Crippen LogP contribution in [-0.4, -0.2) is 30.4 Å². The monoisotopic (exact) mass is 250 g/mol. The summed E-state index contributed by atoms with van der Waals surface area (Å²) >= 11 is 0. The summed E-state index contributed by atoms with van der Waals surface area (Å²) in [6.07, 6.45) is 2.21. The Labute approximate surface area is 107 Å². The number of nitrogens with zero attached hydrogens (tertiary/aromatic N) is 1. The van der Waals surface area contributed by atoms with E-state index in [0.717, 1.165) is 31.5 Å². The molecule has 0 radical (unpaired) electrons. The summed E-state index contributed by atoms with van der Waals surface area (Å²) in [5.41, 5.74) is 1.51. The van der Waals surface area contributed by atoms with E-state index in [2.05, 4.69) is 5.32 Å². The molecule has 1 saturated heterocycles. The Hall–Kier alpha value is -1.42. The molecule has 0 atom stereocenters. The molecular formula is C14H19FN2O. The molecule has 1 heterocycles. The molecule has 0 bridgehead atoms. The maximum atomic E-state index is 13.3. The highest BCUT2D eigenvalue weighted by atomic mass is 19.1. The Kier molecular flexibility index (Phi) is 4.31. The summed E-state index contributed by atoms with van der Waals surface area (Å²) in [6.45, 7) is 4.34. The van der Waals surface area contributed by atoms with Crippen LogP contribution in [0.1, 0.15) is 24.0 Å². The van der Waals surface area contributed by atoms with Crippen molar-refractivity contribution in [2.24, 2.45) is 0 Å². The number of rotatable bonds is 4. The van der Waals surface area contributed by atoms with Gasteiger partial charge in [-0.3, -0.25) is 4.79 Å². The zero-order valence-corrected chi connectivity index (χ0v) is 10.7. The molecule has 1 aliphatic rings. The second-order valence-electron chi connectivity index (χ2n) is 4.77. The maximum Gasteiger partial charge on any atom is 0.236 e. The van der Waals surface area contributed by atoms with Crippen LogP contribution >= 0.6 is 0 Å². The quantitative estimate of drug-likeness (QED) is 0.884. The molecule has 18 heavy (non-hydrogen) atoms. The van der Waals surface area contributed by atoms with E-state index in [9.17, 15) is 9.18 Å². The van der Waals surface area contributed by atoms with Gasteiger partial charge in [-0.1, -0.05) is 12.1 Å². The lowest BCUT2D eigenvalue weighted by Gasteiger charge is -2.15. The number of carbonyl (C=O) groups excluding carboxylic acids is 1. The lowest BCUT2D eigenvalue weighted by atomic mass is 10.1. The van der Waals surface area contributed by atoms with E-state index in [1.54, 1.807) is 13.0 Å². The van der Waals surface area contributed by atoms with E-state index in [0.29, 0.717) is 18.7 Å². The third kappa shape index (κ3) is 3.29. The Morgan fingerprint density at radius 1 is 1.39 bits per heavy atom. The number of aryl methyl sites for hydroxylation is 1. The van der Waals surface area contributed by atoms with Crippen molar-refractivity contribution in [1.29, 1.82) is 0 Å². The number of nitrogens with one attached hydrogen (secondary N) is 1. The van der Waals surface area contributed by atoms with Gasteiger partial charge in [-0.2, -0.15) is 0 Å². The van der Waals surface area contributed by atoms with Gasteiger partial charge in [-0.25, -0.2) is 4.39 Å². The second-order valence-corrected chi connectivity index (χ2v) is 4.77. The number of hydrogen-bond acceptors (Lipinski definition) is 2. The second kappa shape index (κ2) is 5.96. The van der Waals surface area contributed by atoms with Gasteiger partial charge in [-0.15, -0.1) is 0 Å². The highest BCUT2D eigenvalue weighted by Gasteiger charge is 2.16. The summed E-state index contributed by atoms with van der Waals surface area (Å²) in [7, 11) is 0. The molecule has 0 aliphatic carbocycles. The van der Waals surface area contributed by atoms with Crippen LogP contribution < -0.4 is 5.32 Å². The van der Waals surface area contributed by atoms with E-state index >= 15 is 0 Å². The van der Waals surface area contributed by atoms with Crippen molar-refractivity contribution in [2.45, 2.75) is 26.3 Å². The van der Waals surface area contributed by atoms with Gasteiger partial charge < -0.3 is 10.2 Å². The van der Waals surface area contributed by atoms with Crippen molar-refractivity contribution in [3.05, 3.63) is 35.1 Å². The van der Waals surface area contributed by atoms with Crippen molar-refractivity contribution >= 4 is 5.91 Å². The van der Waals surface area contributed by atoms with Crippen molar-refractivity contribution in [3.63, 3.8) is 0 Å². The number of likely N-dealkylation sites (tertiary alicyclic amines) is 1. The summed E-state index contributed by atoms with van der Waals surface area (Å²) in [4.78, 5) is 13.6. The molecule has 0 aromatic heterocycles. The molecule has 1 aliphatic heterocycles. The average molecular weight is 250 g/mol. The number of benzene rings is 1. The van der Waals surface area contributed by atoms with E-state index < -0.39 is 0 Å². The molecule has 0 saturated carbocycles. The number of carbonyl (C=O) groups is 1. The van der Waals surface area contributed by atoms with Gasteiger partial charge in [0.05, 0.1) is 6.54 Å². The van der Waals surface area contributed by atoms with Crippen molar-refractivity contribution in [3.8, 4) is 0 Å². The molecule has 1 aromatic carbocycles. The van der Waals surface area contributed by atoms with E-state index in [-0.39, 0.29) is 11.7 Å². The standard InChI is InChI=1S/C14H19FN2O/c1-11-4-5-12(8-13(11)15)9-16-10-14(18)17-6-2-3-7-17/h4-5,8,16H,2-3,6-7,9-10H2,1H3. The van der Waals surface area contributed by atoms with Gasteiger partial charge in [0.2, 0.25) is 5.91 Å². The van der Waals surface area contributed by atoms with E-state index in [4.69, 9.17) is 0 Å². The summed E-state index contributed by atoms with van der Waals surface area (Å²) in [6, 6.07) is 5.16. The molecule has 1 amide bonds. The van der Waals surface area contributed by atoms with Gasteiger partial charge in [-0.05, 0) is 37.0 Å². The number of amides is 1. The normalized spacial score (nSPS) is 15.1. The first-order chi connectivity index (χ1) is 8.66. The van der Waals surface area contributed by atoms with Gasteiger partial charge in [0.15, 0.2) is 0 Å². The molecular weight excluding hydrogens is 231 g/mol. The summed E-state index contributed by atoms with van der Waals surface area (Å²) < 4.78 is 13.3. The van der Waals surface area contributed by atoms with Crippen molar-refractivity contribution < 1.29 is 9.18 Å². The first-order valence-electron chi connectivity index (χ1n) is 6.40. The minimum absolute atomic E-state index is 0.139. The lowest BCUT2D eigenvalue weighted by molar-refractivity contribution is -0.129. The van der Waals surface area contributed by atoms with Crippen LogP contribution in [0.2, 0.25) is 0 Å². The van der Waals surface area contributed by atoms with Gasteiger partial charge >= 0.3 is 0 Å². The molecule has 0 spiro atoms. The van der Waals surface area contributed by atoms with E-state index in [1.807, 2.05) is 11.0 Å². The largest absolute Gasteiger partial charge is 0.342 e.